The first-order valence-corrected chi connectivity index (χ1v) is 7.65. The van der Waals surface area contributed by atoms with Gasteiger partial charge in [0.2, 0.25) is 11.8 Å². The van der Waals surface area contributed by atoms with Gasteiger partial charge in [0.15, 0.2) is 0 Å². The molecule has 1 heterocycles. The van der Waals surface area contributed by atoms with Crippen molar-refractivity contribution < 1.29 is 9.53 Å². The van der Waals surface area contributed by atoms with E-state index in [0.29, 0.717) is 18.3 Å². The molecule has 1 amide bonds. The Kier molecular flexibility index (Phi) is 5.84. The predicted molar refractivity (Wildman–Crippen MR) is 78.6 cm³/mol. The molecule has 0 aliphatic heterocycles. The second kappa shape index (κ2) is 7.88. The van der Waals surface area contributed by atoms with E-state index in [1.807, 2.05) is 18.2 Å². The van der Waals surface area contributed by atoms with E-state index < -0.39 is 0 Å². The van der Waals surface area contributed by atoms with Crippen molar-refractivity contribution in [3.05, 3.63) is 24.4 Å². The number of hydrogen-bond donors (Lipinski definition) is 1. The number of unbranched alkanes of at least 4 members (excludes halogenated alkanes) is 1. The van der Waals surface area contributed by atoms with Gasteiger partial charge in [-0.1, -0.05) is 19.4 Å². The number of amides is 1. The van der Waals surface area contributed by atoms with Crippen molar-refractivity contribution in [3.8, 4) is 5.88 Å². The molecule has 20 heavy (non-hydrogen) atoms. The molecule has 110 valence electrons. The number of nitrogens with one attached hydrogen (secondary N) is 1. The highest BCUT2D eigenvalue weighted by atomic mass is 16.5. The fraction of sp³-hybridized carbons (Fsp3) is 0.625. The first-order valence-electron chi connectivity index (χ1n) is 7.65. The zero-order chi connectivity index (χ0) is 14.2. The minimum absolute atomic E-state index is 0.195. The van der Waals surface area contributed by atoms with E-state index in [-0.39, 0.29) is 12.0 Å². The summed E-state index contributed by atoms with van der Waals surface area (Å²) in [5.74, 6) is 0.892. The summed E-state index contributed by atoms with van der Waals surface area (Å²) in [6.45, 7) is 2.10. The third-order valence-electron chi connectivity index (χ3n) is 3.72. The van der Waals surface area contributed by atoms with E-state index in [0.717, 1.165) is 38.5 Å². The monoisotopic (exact) mass is 276 g/mol. The quantitative estimate of drug-likeness (QED) is 0.868. The van der Waals surface area contributed by atoms with E-state index in [2.05, 4.69) is 17.2 Å². The summed E-state index contributed by atoms with van der Waals surface area (Å²) in [6.07, 6.45) is 8.63. The number of carbonyl (C=O) groups is 1. The van der Waals surface area contributed by atoms with Gasteiger partial charge in [0, 0.05) is 24.7 Å². The largest absolute Gasteiger partial charge is 0.474 e. The highest BCUT2D eigenvalue weighted by molar-refractivity contribution is 5.76. The van der Waals surface area contributed by atoms with Gasteiger partial charge < -0.3 is 10.1 Å². The van der Waals surface area contributed by atoms with Gasteiger partial charge in [0.1, 0.15) is 6.10 Å². The van der Waals surface area contributed by atoms with Gasteiger partial charge >= 0.3 is 0 Å². The van der Waals surface area contributed by atoms with E-state index in [1.54, 1.807) is 6.20 Å². The van der Waals surface area contributed by atoms with Crippen LogP contribution in [0.25, 0.3) is 0 Å². The van der Waals surface area contributed by atoms with Gasteiger partial charge in [-0.15, -0.1) is 0 Å². The van der Waals surface area contributed by atoms with Gasteiger partial charge in [0.25, 0.3) is 0 Å². The van der Waals surface area contributed by atoms with Crippen LogP contribution in [0.1, 0.15) is 51.9 Å². The normalized spacial score (nSPS) is 22.2. The Labute approximate surface area is 120 Å². The van der Waals surface area contributed by atoms with E-state index in [1.165, 1.54) is 0 Å². The van der Waals surface area contributed by atoms with Crippen molar-refractivity contribution in [2.75, 3.05) is 0 Å². The third-order valence-corrected chi connectivity index (χ3v) is 3.72. The van der Waals surface area contributed by atoms with Crippen molar-refractivity contribution >= 4 is 5.91 Å². The van der Waals surface area contributed by atoms with Gasteiger partial charge in [-0.3, -0.25) is 4.79 Å². The minimum Gasteiger partial charge on any atom is -0.474 e. The van der Waals surface area contributed by atoms with Crippen LogP contribution in [0.3, 0.4) is 0 Å². The van der Waals surface area contributed by atoms with Gasteiger partial charge in [0.05, 0.1) is 0 Å². The van der Waals surface area contributed by atoms with Crippen LogP contribution in [-0.4, -0.2) is 23.0 Å². The van der Waals surface area contributed by atoms with Crippen molar-refractivity contribution in [3.63, 3.8) is 0 Å². The Morgan fingerprint density at radius 2 is 2.15 bits per heavy atom. The van der Waals surface area contributed by atoms with Crippen LogP contribution < -0.4 is 10.1 Å². The molecule has 0 unspecified atom stereocenters. The zero-order valence-corrected chi connectivity index (χ0v) is 12.2. The molecule has 0 radical (unpaired) electrons. The molecule has 1 aliphatic carbocycles. The summed E-state index contributed by atoms with van der Waals surface area (Å²) in [7, 11) is 0. The highest BCUT2D eigenvalue weighted by Crippen LogP contribution is 2.22. The summed E-state index contributed by atoms with van der Waals surface area (Å²) in [6, 6.07) is 6.03. The Hall–Kier alpha value is -1.58. The molecule has 1 saturated carbocycles. The van der Waals surface area contributed by atoms with Crippen LogP contribution in [-0.2, 0) is 4.79 Å². The summed E-state index contributed by atoms with van der Waals surface area (Å²) < 4.78 is 5.85. The number of nitrogens with zero attached hydrogens (tertiary/aromatic N) is 1. The lowest BCUT2D eigenvalue weighted by molar-refractivity contribution is -0.122. The van der Waals surface area contributed by atoms with Gasteiger partial charge in [-0.25, -0.2) is 4.98 Å². The summed E-state index contributed by atoms with van der Waals surface area (Å²) in [5.41, 5.74) is 0. The van der Waals surface area contributed by atoms with Crippen LogP contribution in [0.4, 0.5) is 0 Å². The zero-order valence-electron chi connectivity index (χ0n) is 12.2. The number of pyridine rings is 1. The predicted octanol–water partition coefficient (Wildman–Crippen LogP) is 3.08. The molecular formula is C16H24N2O2. The number of carbonyl (C=O) groups excluding carboxylic acids is 1. The molecule has 4 heteroatoms. The standard InChI is InChI=1S/C16H24N2O2/c1-2-3-6-15(19)18-13-8-10-14(11-9-13)20-16-7-4-5-12-17-16/h4-5,7,12-14H,2-3,6,8-11H2,1H3,(H,18,19). The topological polar surface area (TPSA) is 51.2 Å². The molecule has 1 N–H and O–H groups in total. The number of aromatic nitrogens is 1. The van der Waals surface area contributed by atoms with Crippen LogP contribution >= 0.6 is 0 Å². The summed E-state index contributed by atoms with van der Waals surface area (Å²) >= 11 is 0. The maximum Gasteiger partial charge on any atom is 0.220 e. The Morgan fingerprint density at radius 1 is 1.35 bits per heavy atom. The molecule has 1 aromatic rings. The fourth-order valence-electron chi connectivity index (χ4n) is 2.55. The Morgan fingerprint density at radius 3 is 2.80 bits per heavy atom. The first kappa shape index (κ1) is 14.8. The second-order valence-electron chi connectivity index (χ2n) is 5.43. The molecule has 4 nitrogen and oxygen atoms in total. The summed E-state index contributed by atoms with van der Waals surface area (Å²) in [4.78, 5) is 15.9. The average Bonchev–Trinajstić information content (AvgIpc) is 2.48. The fourth-order valence-corrected chi connectivity index (χ4v) is 2.55. The van der Waals surface area contributed by atoms with Crippen LogP contribution in [0, 0.1) is 0 Å². The number of hydrogen-bond acceptors (Lipinski definition) is 3. The smallest absolute Gasteiger partial charge is 0.220 e. The minimum atomic E-state index is 0.195. The molecule has 0 spiro atoms. The molecule has 0 bridgehead atoms. The van der Waals surface area contributed by atoms with Crippen molar-refractivity contribution in [1.82, 2.24) is 10.3 Å². The van der Waals surface area contributed by atoms with Gasteiger partial charge in [-0.2, -0.15) is 0 Å². The lowest BCUT2D eigenvalue weighted by Crippen LogP contribution is -2.39. The van der Waals surface area contributed by atoms with Crippen LogP contribution in [0.15, 0.2) is 24.4 Å². The van der Waals surface area contributed by atoms with Gasteiger partial charge in [-0.05, 0) is 38.2 Å². The number of rotatable bonds is 6. The Bertz CT molecular complexity index is 400. The molecule has 1 aromatic heterocycles. The summed E-state index contributed by atoms with van der Waals surface area (Å²) in [5, 5.41) is 3.13. The third kappa shape index (κ3) is 4.83. The molecule has 0 aromatic carbocycles. The van der Waals surface area contributed by atoms with Crippen molar-refractivity contribution in [2.45, 2.75) is 64.0 Å². The van der Waals surface area contributed by atoms with E-state index in [4.69, 9.17) is 4.74 Å². The number of ether oxygens (including phenoxy) is 1. The van der Waals surface area contributed by atoms with E-state index in [9.17, 15) is 4.79 Å². The van der Waals surface area contributed by atoms with Crippen molar-refractivity contribution in [1.29, 1.82) is 0 Å². The van der Waals surface area contributed by atoms with Crippen molar-refractivity contribution in [2.24, 2.45) is 0 Å². The molecule has 2 rings (SSSR count). The second-order valence-corrected chi connectivity index (χ2v) is 5.43. The lowest BCUT2D eigenvalue weighted by atomic mass is 9.93. The first-order chi connectivity index (χ1) is 9.78. The maximum absolute atomic E-state index is 11.7. The molecule has 0 atom stereocenters. The van der Waals surface area contributed by atoms with E-state index >= 15 is 0 Å². The molecular weight excluding hydrogens is 252 g/mol. The van der Waals surface area contributed by atoms with Crippen LogP contribution in [0.2, 0.25) is 0 Å². The molecule has 1 fully saturated rings. The lowest BCUT2D eigenvalue weighted by Gasteiger charge is -2.29. The molecule has 1 aliphatic rings. The van der Waals surface area contributed by atoms with Crippen LogP contribution in [0.5, 0.6) is 5.88 Å². The SMILES string of the molecule is CCCCC(=O)NC1CCC(Oc2ccccn2)CC1. The average molecular weight is 276 g/mol. The Balaban J connectivity index is 1.68. The molecule has 0 saturated heterocycles. The highest BCUT2D eigenvalue weighted by Gasteiger charge is 2.23. The maximum atomic E-state index is 11.7.